The van der Waals surface area contributed by atoms with Crippen molar-refractivity contribution in [3.05, 3.63) is 58.8 Å². The van der Waals surface area contributed by atoms with Crippen LogP contribution in [0.1, 0.15) is 16.7 Å². The van der Waals surface area contributed by atoms with Crippen molar-refractivity contribution in [1.82, 2.24) is 15.2 Å². The fraction of sp³-hybridized carbons (Fsp3) is 0.167. The number of thiophene rings is 1. The van der Waals surface area contributed by atoms with Crippen LogP contribution in [0.3, 0.4) is 0 Å². The molecule has 2 aromatic heterocycles. The zero-order valence-electron chi connectivity index (χ0n) is 13.6. The SMILES string of the molecule is C=CCSc1nnc2c(n1)O[C@H](c1sccc1C)Nc1ccccc1-2. The third-order valence-electron chi connectivity index (χ3n) is 3.80. The number of ether oxygens (including phenoxy) is 1. The first-order chi connectivity index (χ1) is 12.3. The first-order valence-electron chi connectivity index (χ1n) is 7.81. The highest BCUT2D eigenvalue weighted by Gasteiger charge is 2.27. The molecule has 1 atom stereocenters. The lowest BCUT2D eigenvalue weighted by Gasteiger charge is -2.18. The molecule has 3 aromatic rings. The summed E-state index contributed by atoms with van der Waals surface area (Å²) in [6.45, 7) is 5.81. The average molecular weight is 368 g/mol. The van der Waals surface area contributed by atoms with E-state index in [0.29, 0.717) is 16.7 Å². The first kappa shape index (κ1) is 16.1. The summed E-state index contributed by atoms with van der Waals surface area (Å²) in [7, 11) is 0. The van der Waals surface area contributed by atoms with Crippen LogP contribution >= 0.6 is 23.1 Å². The summed E-state index contributed by atoms with van der Waals surface area (Å²) in [5.74, 6) is 1.22. The Kier molecular flexibility index (Phi) is 4.42. The van der Waals surface area contributed by atoms with Gasteiger partial charge in [0.15, 0.2) is 5.69 Å². The van der Waals surface area contributed by atoms with Gasteiger partial charge in [0.2, 0.25) is 17.3 Å². The van der Waals surface area contributed by atoms with E-state index in [1.54, 1.807) is 11.3 Å². The summed E-state index contributed by atoms with van der Waals surface area (Å²) in [6.07, 6.45) is 1.51. The van der Waals surface area contributed by atoms with E-state index in [9.17, 15) is 0 Å². The molecule has 0 fully saturated rings. The maximum atomic E-state index is 6.23. The van der Waals surface area contributed by atoms with Gasteiger partial charge in [-0.3, -0.25) is 0 Å². The molecule has 0 saturated carbocycles. The second-order valence-corrected chi connectivity index (χ2v) is 7.44. The summed E-state index contributed by atoms with van der Waals surface area (Å²) >= 11 is 3.15. The van der Waals surface area contributed by atoms with Crippen LogP contribution in [0.25, 0.3) is 11.3 Å². The van der Waals surface area contributed by atoms with Gasteiger partial charge in [-0.05, 0) is 30.0 Å². The lowest BCUT2D eigenvalue weighted by atomic mass is 10.1. The van der Waals surface area contributed by atoms with Crippen molar-refractivity contribution in [3.8, 4) is 17.1 Å². The summed E-state index contributed by atoms with van der Waals surface area (Å²) in [4.78, 5) is 5.71. The molecule has 0 amide bonds. The second-order valence-electron chi connectivity index (χ2n) is 5.50. The number of para-hydroxylation sites is 1. The van der Waals surface area contributed by atoms with Crippen molar-refractivity contribution in [2.24, 2.45) is 0 Å². The molecule has 1 aromatic carbocycles. The fourth-order valence-corrected chi connectivity index (χ4v) is 4.03. The summed E-state index contributed by atoms with van der Waals surface area (Å²) < 4.78 is 6.23. The number of benzene rings is 1. The van der Waals surface area contributed by atoms with E-state index in [0.717, 1.165) is 21.9 Å². The van der Waals surface area contributed by atoms with Gasteiger partial charge in [-0.2, -0.15) is 4.98 Å². The van der Waals surface area contributed by atoms with E-state index in [1.165, 1.54) is 17.3 Å². The smallest absolute Gasteiger partial charge is 0.247 e. The minimum atomic E-state index is -0.309. The van der Waals surface area contributed by atoms with Crippen LogP contribution in [0.5, 0.6) is 5.88 Å². The Bertz CT molecular complexity index is 925. The van der Waals surface area contributed by atoms with Gasteiger partial charge in [0.1, 0.15) is 0 Å². The standard InChI is InChI=1S/C18H16N4OS2/c1-3-9-25-18-20-16-14(21-22-18)12-6-4-5-7-13(12)19-17(23-16)15-11(2)8-10-24-15/h3-8,10,17,19H,1,9H2,2H3/t17-/m1/s1. The van der Waals surface area contributed by atoms with Gasteiger partial charge in [-0.15, -0.1) is 28.1 Å². The van der Waals surface area contributed by atoms with Crippen LogP contribution in [0.15, 0.2) is 53.5 Å². The Hall–Kier alpha value is -2.38. The Morgan fingerprint density at radius 1 is 1.32 bits per heavy atom. The van der Waals surface area contributed by atoms with Gasteiger partial charge in [0, 0.05) is 17.0 Å². The molecule has 1 aliphatic rings. The Balaban J connectivity index is 1.82. The van der Waals surface area contributed by atoms with Gasteiger partial charge < -0.3 is 10.1 Å². The molecule has 0 spiro atoms. The molecule has 7 heteroatoms. The molecule has 1 N–H and O–H groups in total. The largest absolute Gasteiger partial charge is 0.447 e. The minimum absolute atomic E-state index is 0.309. The van der Waals surface area contributed by atoms with Crippen molar-refractivity contribution in [2.45, 2.75) is 18.3 Å². The van der Waals surface area contributed by atoms with E-state index in [-0.39, 0.29) is 6.23 Å². The van der Waals surface area contributed by atoms with E-state index >= 15 is 0 Å². The third kappa shape index (κ3) is 3.12. The van der Waals surface area contributed by atoms with E-state index in [2.05, 4.69) is 45.4 Å². The zero-order chi connectivity index (χ0) is 17.2. The lowest BCUT2D eigenvalue weighted by molar-refractivity contribution is 0.228. The van der Waals surface area contributed by atoms with Crippen molar-refractivity contribution in [3.63, 3.8) is 0 Å². The lowest BCUT2D eigenvalue weighted by Crippen LogP contribution is -2.16. The summed E-state index contributed by atoms with van der Waals surface area (Å²) in [5, 5.41) is 14.7. The van der Waals surface area contributed by atoms with Crippen molar-refractivity contribution in [2.75, 3.05) is 11.1 Å². The molecular formula is C18H16N4OS2. The molecule has 4 rings (SSSR count). The van der Waals surface area contributed by atoms with Crippen molar-refractivity contribution in [1.29, 1.82) is 0 Å². The van der Waals surface area contributed by atoms with E-state index in [4.69, 9.17) is 4.74 Å². The fourth-order valence-electron chi connectivity index (χ4n) is 2.61. The van der Waals surface area contributed by atoms with Crippen molar-refractivity contribution >= 4 is 28.8 Å². The van der Waals surface area contributed by atoms with Crippen LogP contribution < -0.4 is 10.1 Å². The highest BCUT2D eigenvalue weighted by Crippen LogP contribution is 2.40. The van der Waals surface area contributed by atoms with Gasteiger partial charge in [-0.25, -0.2) is 0 Å². The Morgan fingerprint density at radius 3 is 3.00 bits per heavy atom. The number of nitrogens with one attached hydrogen (secondary N) is 1. The van der Waals surface area contributed by atoms with E-state index < -0.39 is 0 Å². The summed E-state index contributed by atoms with van der Waals surface area (Å²) in [5.41, 5.74) is 3.74. The highest BCUT2D eigenvalue weighted by molar-refractivity contribution is 7.99. The van der Waals surface area contributed by atoms with E-state index in [1.807, 2.05) is 30.3 Å². The van der Waals surface area contributed by atoms with Crippen LogP contribution in [0.2, 0.25) is 0 Å². The molecule has 5 nitrogen and oxygen atoms in total. The number of aryl methyl sites for hydroxylation is 1. The number of hydrogen-bond acceptors (Lipinski definition) is 7. The monoisotopic (exact) mass is 368 g/mol. The number of nitrogens with zero attached hydrogens (tertiary/aromatic N) is 3. The molecule has 0 unspecified atom stereocenters. The number of thioether (sulfide) groups is 1. The quantitative estimate of drug-likeness (QED) is 0.532. The summed E-state index contributed by atoms with van der Waals surface area (Å²) in [6, 6.07) is 10.1. The van der Waals surface area contributed by atoms with Crippen LogP contribution in [-0.2, 0) is 0 Å². The molecule has 3 heterocycles. The topological polar surface area (TPSA) is 59.9 Å². The van der Waals surface area contributed by atoms with Crippen LogP contribution in [0.4, 0.5) is 5.69 Å². The van der Waals surface area contributed by atoms with Gasteiger partial charge in [0.05, 0.1) is 4.88 Å². The van der Waals surface area contributed by atoms with Crippen LogP contribution in [0, 0.1) is 6.92 Å². The maximum Gasteiger partial charge on any atom is 0.247 e. The molecular weight excluding hydrogens is 352 g/mol. The van der Waals surface area contributed by atoms with Crippen molar-refractivity contribution < 1.29 is 4.74 Å². The molecule has 0 saturated heterocycles. The maximum absolute atomic E-state index is 6.23. The molecule has 1 aliphatic heterocycles. The minimum Gasteiger partial charge on any atom is -0.447 e. The number of rotatable bonds is 4. The highest BCUT2D eigenvalue weighted by atomic mass is 32.2. The Labute approximate surface area is 154 Å². The second kappa shape index (κ2) is 6.85. The first-order valence-corrected chi connectivity index (χ1v) is 9.68. The number of aromatic nitrogens is 3. The Morgan fingerprint density at radius 2 is 2.20 bits per heavy atom. The molecule has 0 radical (unpaired) electrons. The number of hydrogen-bond donors (Lipinski definition) is 1. The predicted molar refractivity (Wildman–Crippen MR) is 102 cm³/mol. The van der Waals surface area contributed by atoms with Gasteiger partial charge in [0.25, 0.3) is 0 Å². The molecule has 0 aliphatic carbocycles. The van der Waals surface area contributed by atoms with Gasteiger partial charge >= 0.3 is 0 Å². The van der Waals surface area contributed by atoms with Crippen LogP contribution in [-0.4, -0.2) is 20.9 Å². The molecule has 126 valence electrons. The predicted octanol–water partition coefficient (Wildman–Crippen LogP) is 4.69. The molecule has 25 heavy (non-hydrogen) atoms. The van der Waals surface area contributed by atoms with Gasteiger partial charge in [-0.1, -0.05) is 36.0 Å². The zero-order valence-corrected chi connectivity index (χ0v) is 15.2. The average Bonchev–Trinajstić information content (AvgIpc) is 2.98. The number of fused-ring (bicyclic) bond motifs is 3. The normalized spacial score (nSPS) is 15.3. The molecule has 0 bridgehead atoms. The third-order valence-corrected chi connectivity index (χ3v) is 5.70. The number of anilines is 1.